The van der Waals surface area contributed by atoms with Crippen molar-refractivity contribution in [3.05, 3.63) is 70.4 Å². The smallest absolute Gasteiger partial charge is 0.352 e. The van der Waals surface area contributed by atoms with Crippen molar-refractivity contribution in [2.45, 2.75) is 12.6 Å². The van der Waals surface area contributed by atoms with Crippen LogP contribution in [0, 0.1) is 5.82 Å². The number of halogens is 5. The molecule has 0 radical (unpaired) electrons. The number of nitrogens with zero attached hydrogens (tertiary/aromatic N) is 3. The van der Waals surface area contributed by atoms with Crippen LogP contribution < -0.4 is 5.32 Å². The first-order valence-electron chi connectivity index (χ1n) is 8.06. The highest BCUT2D eigenvalue weighted by molar-refractivity contribution is 6.30. The lowest BCUT2D eigenvalue weighted by Gasteiger charge is -2.09. The van der Waals surface area contributed by atoms with Gasteiger partial charge in [0.25, 0.3) is 0 Å². The Morgan fingerprint density at radius 1 is 1.21 bits per heavy atom. The van der Waals surface area contributed by atoms with E-state index in [4.69, 9.17) is 11.6 Å². The van der Waals surface area contributed by atoms with Gasteiger partial charge in [-0.15, -0.1) is 10.2 Å². The number of hydrogen-bond donors (Lipinski definition) is 1. The monoisotopic (exact) mass is 412 g/mol. The van der Waals surface area contributed by atoms with E-state index in [1.807, 2.05) is 0 Å². The first-order valence-corrected chi connectivity index (χ1v) is 8.43. The highest BCUT2D eigenvalue weighted by atomic mass is 35.5. The second-order valence-electron chi connectivity index (χ2n) is 5.81. The van der Waals surface area contributed by atoms with E-state index < -0.39 is 17.6 Å². The molecule has 2 aromatic heterocycles. The van der Waals surface area contributed by atoms with Crippen molar-refractivity contribution >= 4 is 29.2 Å². The molecule has 2 heterocycles. The molecule has 3 aromatic rings. The van der Waals surface area contributed by atoms with Gasteiger partial charge in [0.15, 0.2) is 5.65 Å². The van der Waals surface area contributed by atoms with Crippen LogP contribution in [0.4, 0.5) is 17.6 Å². The molecule has 0 saturated carbocycles. The van der Waals surface area contributed by atoms with Gasteiger partial charge in [0.2, 0.25) is 5.91 Å². The Hall–Kier alpha value is -2.94. The number of aromatic nitrogens is 3. The fourth-order valence-corrected chi connectivity index (χ4v) is 2.69. The average molecular weight is 413 g/mol. The van der Waals surface area contributed by atoms with Crippen LogP contribution in [0.15, 0.2) is 42.6 Å². The Kier molecular flexibility index (Phi) is 5.64. The molecule has 0 spiro atoms. The van der Waals surface area contributed by atoms with Crippen LogP contribution in [-0.2, 0) is 17.4 Å². The fourth-order valence-electron chi connectivity index (χ4n) is 2.49. The Morgan fingerprint density at radius 3 is 2.61 bits per heavy atom. The molecule has 146 valence electrons. The summed E-state index contributed by atoms with van der Waals surface area (Å²) >= 11 is 5.77. The summed E-state index contributed by atoms with van der Waals surface area (Å²) in [6.07, 6.45) is -0.396. The van der Waals surface area contributed by atoms with E-state index in [0.717, 1.165) is 10.5 Å². The number of benzene rings is 1. The van der Waals surface area contributed by atoms with Gasteiger partial charge in [0.05, 0.1) is 5.02 Å². The number of rotatable bonds is 5. The van der Waals surface area contributed by atoms with Crippen LogP contribution in [0.3, 0.4) is 0 Å². The van der Waals surface area contributed by atoms with Gasteiger partial charge in [0.1, 0.15) is 17.2 Å². The van der Waals surface area contributed by atoms with Crippen molar-refractivity contribution in [3.63, 3.8) is 0 Å². The Bertz CT molecular complexity index is 1030. The number of amides is 1. The van der Waals surface area contributed by atoms with E-state index in [1.165, 1.54) is 42.6 Å². The van der Waals surface area contributed by atoms with Crippen LogP contribution in [0.5, 0.6) is 0 Å². The van der Waals surface area contributed by atoms with E-state index in [1.54, 1.807) is 0 Å². The maximum absolute atomic E-state index is 13.1. The molecule has 0 aliphatic heterocycles. The SMILES string of the molecule is O=C(/C=C/c1ccc(F)cc1)NCCc1nnc2c(C(F)(F)F)cc(Cl)cn12. The third-order valence-corrected chi connectivity index (χ3v) is 4.00. The van der Waals surface area contributed by atoms with Crippen molar-refractivity contribution in [3.8, 4) is 0 Å². The lowest BCUT2D eigenvalue weighted by Crippen LogP contribution is -2.24. The lowest BCUT2D eigenvalue weighted by molar-refractivity contribution is -0.136. The minimum Gasteiger partial charge on any atom is -0.352 e. The molecule has 0 bridgehead atoms. The Balaban J connectivity index is 1.65. The summed E-state index contributed by atoms with van der Waals surface area (Å²) < 4.78 is 53.2. The molecule has 0 aliphatic rings. The van der Waals surface area contributed by atoms with Gasteiger partial charge in [-0.25, -0.2) is 4.39 Å². The molecule has 3 rings (SSSR count). The summed E-state index contributed by atoms with van der Waals surface area (Å²) in [4.78, 5) is 11.8. The normalized spacial score (nSPS) is 12.0. The summed E-state index contributed by atoms with van der Waals surface area (Å²) in [6.45, 7) is 0.126. The topological polar surface area (TPSA) is 59.3 Å². The zero-order valence-electron chi connectivity index (χ0n) is 14.2. The number of nitrogens with one attached hydrogen (secondary N) is 1. The third kappa shape index (κ3) is 4.66. The van der Waals surface area contributed by atoms with E-state index in [-0.39, 0.29) is 35.3 Å². The predicted octanol–water partition coefficient (Wildman–Crippen LogP) is 3.91. The van der Waals surface area contributed by atoms with Gasteiger partial charge in [-0.1, -0.05) is 23.7 Å². The number of carbonyl (C=O) groups excluding carboxylic acids is 1. The highest BCUT2D eigenvalue weighted by Gasteiger charge is 2.35. The number of fused-ring (bicyclic) bond motifs is 1. The summed E-state index contributed by atoms with van der Waals surface area (Å²) in [7, 11) is 0. The molecule has 1 amide bonds. The molecule has 1 N–H and O–H groups in total. The number of carbonyl (C=O) groups is 1. The molecule has 1 aromatic carbocycles. The van der Waals surface area contributed by atoms with Crippen molar-refractivity contribution in [2.75, 3.05) is 6.54 Å². The summed E-state index contributed by atoms with van der Waals surface area (Å²) in [5, 5.41) is 9.83. The number of hydrogen-bond acceptors (Lipinski definition) is 3. The third-order valence-electron chi connectivity index (χ3n) is 3.79. The number of pyridine rings is 1. The van der Waals surface area contributed by atoms with E-state index in [0.29, 0.717) is 5.56 Å². The van der Waals surface area contributed by atoms with Crippen molar-refractivity contribution in [1.82, 2.24) is 19.9 Å². The van der Waals surface area contributed by atoms with Crippen LogP contribution in [-0.4, -0.2) is 27.0 Å². The molecule has 0 aliphatic carbocycles. The minimum absolute atomic E-state index is 0.104. The molecular formula is C18H13ClF4N4O. The average Bonchev–Trinajstić information content (AvgIpc) is 3.02. The first kappa shape index (κ1) is 19.8. The molecule has 0 unspecified atom stereocenters. The van der Waals surface area contributed by atoms with Crippen LogP contribution >= 0.6 is 11.6 Å². The van der Waals surface area contributed by atoms with Gasteiger partial charge in [-0.3, -0.25) is 9.20 Å². The summed E-state index contributed by atoms with van der Waals surface area (Å²) in [6, 6.07) is 6.37. The Labute approximate surface area is 161 Å². The van der Waals surface area contributed by atoms with Gasteiger partial charge in [-0.05, 0) is 29.8 Å². The molecule has 0 fully saturated rings. The van der Waals surface area contributed by atoms with E-state index in [2.05, 4.69) is 15.5 Å². The first-order chi connectivity index (χ1) is 13.2. The quantitative estimate of drug-likeness (QED) is 0.510. The zero-order valence-corrected chi connectivity index (χ0v) is 14.9. The number of alkyl halides is 3. The van der Waals surface area contributed by atoms with Crippen LogP contribution in [0.1, 0.15) is 17.0 Å². The summed E-state index contributed by atoms with van der Waals surface area (Å²) in [5.41, 5.74) is -0.686. The van der Waals surface area contributed by atoms with Crippen LogP contribution in [0.2, 0.25) is 5.02 Å². The second-order valence-corrected chi connectivity index (χ2v) is 6.24. The molecule has 10 heteroatoms. The molecule has 0 saturated heterocycles. The largest absolute Gasteiger partial charge is 0.420 e. The second kappa shape index (κ2) is 7.97. The molecule has 0 atom stereocenters. The Morgan fingerprint density at radius 2 is 1.93 bits per heavy atom. The zero-order chi connectivity index (χ0) is 20.3. The van der Waals surface area contributed by atoms with E-state index in [9.17, 15) is 22.4 Å². The van der Waals surface area contributed by atoms with Gasteiger partial charge in [-0.2, -0.15) is 13.2 Å². The predicted molar refractivity (Wildman–Crippen MR) is 95.1 cm³/mol. The van der Waals surface area contributed by atoms with Gasteiger partial charge in [0, 0.05) is 25.2 Å². The molecular weight excluding hydrogens is 400 g/mol. The van der Waals surface area contributed by atoms with Crippen molar-refractivity contribution in [1.29, 1.82) is 0 Å². The fraction of sp³-hybridized carbons (Fsp3) is 0.167. The van der Waals surface area contributed by atoms with E-state index >= 15 is 0 Å². The minimum atomic E-state index is -4.62. The molecule has 28 heavy (non-hydrogen) atoms. The van der Waals surface area contributed by atoms with Gasteiger partial charge < -0.3 is 5.32 Å². The van der Waals surface area contributed by atoms with Gasteiger partial charge >= 0.3 is 6.18 Å². The van der Waals surface area contributed by atoms with Crippen molar-refractivity contribution in [2.24, 2.45) is 0 Å². The standard InChI is InChI=1S/C18H13ClF4N4O/c19-12-9-14(18(21,22)23)17-26-25-15(27(17)10-12)7-8-24-16(28)6-3-11-1-4-13(20)5-2-11/h1-6,9-10H,7-8H2,(H,24,28)/b6-3+. The highest BCUT2D eigenvalue weighted by Crippen LogP contribution is 2.33. The maximum atomic E-state index is 13.1. The van der Waals surface area contributed by atoms with Crippen molar-refractivity contribution < 1.29 is 22.4 Å². The molecule has 5 nitrogen and oxygen atoms in total. The van der Waals surface area contributed by atoms with Crippen LogP contribution in [0.25, 0.3) is 11.7 Å². The lowest BCUT2D eigenvalue weighted by atomic mass is 10.2. The maximum Gasteiger partial charge on any atom is 0.420 e. The summed E-state index contributed by atoms with van der Waals surface area (Å²) in [5.74, 6) is -0.561.